The van der Waals surface area contributed by atoms with Crippen LogP contribution in [0, 0.1) is 11.3 Å². The van der Waals surface area contributed by atoms with Gasteiger partial charge in [0.05, 0.1) is 23.0 Å². The van der Waals surface area contributed by atoms with Gasteiger partial charge in [-0.2, -0.15) is 5.26 Å². The Labute approximate surface area is 295 Å². The van der Waals surface area contributed by atoms with Crippen LogP contribution in [-0.4, -0.2) is 9.97 Å². The summed E-state index contributed by atoms with van der Waals surface area (Å²) in [5, 5.41) is 14.5. The molecule has 0 radical (unpaired) electrons. The molecule has 0 atom stereocenters. The highest BCUT2D eigenvalue weighted by atomic mass is 32.2. The van der Waals surface area contributed by atoms with E-state index in [0.717, 1.165) is 39.2 Å². The van der Waals surface area contributed by atoms with Crippen molar-refractivity contribution >= 4 is 33.3 Å². The topological polar surface area (TPSA) is 49.6 Å². The molecule has 0 N–H and O–H groups in total. The van der Waals surface area contributed by atoms with Crippen LogP contribution in [0.4, 0.5) is 0 Å². The third-order valence-corrected chi connectivity index (χ3v) is 11.1. The molecule has 7 aromatic carbocycles. The van der Waals surface area contributed by atoms with Crippen LogP contribution in [0.15, 0.2) is 161 Å². The zero-order valence-electron chi connectivity index (χ0n) is 27.7. The van der Waals surface area contributed by atoms with Crippen LogP contribution in [0.5, 0.6) is 0 Å². The quantitative estimate of drug-likeness (QED) is 0.177. The van der Waals surface area contributed by atoms with E-state index in [4.69, 9.17) is 9.97 Å². The average Bonchev–Trinajstić information content (AvgIpc) is 3.17. The first-order valence-corrected chi connectivity index (χ1v) is 17.6. The summed E-state index contributed by atoms with van der Waals surface area (Å²) >= 11 is 1.78. The molecule has 50 heavy (non-hydrogen) atoms. The predicted octanol–water partition coefficient (Wildman–Crippen LogP) is 12.1. The first-order valence-electron chi connectivity index (χ1n) is 16.8. The lowest BCUT2D eigenvalue weighted by Crippen LogP contribution is -2.24. The van der Waals surface area contributed by atoms with Crippen molar-refractivity contribution < 1.29 is 0 Å². The number of hydrogen-bond acceptors (Lipinski definition) is 4. The summed E-state index contributed by atoms with van der Waals surface area (Å²) in [4.78, 5) is 12.7. The number of nitrogens with zero attached hydrogens (tertiary/aromatic N) is 3. The van der Waals surface area contributed by atoms with Gasteiger partial charge in [-0.1, -0.05) is 129 Å². The van der Waals surface area contributed by atoms with E-state index in [9.17, 15) is 5.26 Å². The van der Waals surface area contributed by atoms with Crippen LogP contribution in [0.1, 0.15) is 30.5 Å². The Bertz CT molecular complexity index is 2670. The Morgan fingerprint density at radius 1 is 0.500 bits per heavy atom. The van der Waals surface area contributed by atoms with Gasteiger partial charge < -0.3 is 0 Å². The van der Waals surface area contributed by atoms with Crippen molar-refractivity contribution in [3.8, 4) is 51.1 Å². The van der Waals surface area contributed by atoms with Gasteiger partial charge in [-0.15, -0.1) is 0 Å². The second-order valence-corrected chi connectivity index (χ2v) is 14.5. The normalized spacial score (nSPS) is 13.1. The van der Waals surface area contributed by atoms with Crippen molar-refractivity contribution in [2.24, 2.45) is 0 Å². The van der Waals surface area contributed by atoms with Gasteiger partial charge in [-0.3, -0.25) is 0 Å². The molecule has 0 fully saturated rings. The van der Waals surface area contributed by atoms with E-state index in [1.165, 1.54) is 42.5 Å². The van der Waals surface area contributed by atoms with Gasteiger partial charge in [0.2, 0.25) is 0 Å². The minimum atomic E-state index is -0.241. The third kappa shape index (κ3) is 5.15. The highest BCUT2D eigenvalue weighted by Crippen LogP contribution is 2.50. The average molecular weight is 658 g/mol. The van der Waals surface area contributed by atoms with Gasteiger partial charge in [-0.05, 0) is 92.3 Å². The fourth-order valence-corrected chi connectivity index (χ4v) is 8.57. The van der Waals surface area contributed by atoms with Crippen molar-refractivity contribution in [2.75, 3.05) is 0 Å². The van der Waals surface area contributed by atoms with Crippen LogP contribution in [0.2, 0.25) is 0 Å². The van der Waals surface area contributed by atoms with Crippen molar-refractivity contribution in [3.63, 3.8) is 0 Å². The molecule has 236 valence electrons. The second kappa shape index (κ2) is 11.8. The zero-order valence-corrected chi connectivity index (χ0v) is 28.5. The summed E-state index contributed by atoms with van der Waals surface area (Å²) in [5.74, 6) is 0.699. The highest BCUT2D eigenvalue weighted by Gasteiger charge is 2.33. The summed E-state index contributed by atoms with van der Waals surface area (Å²) in [5.41, 5.74) is 10.0. The fourth-order valence-electron chi connectivity index (χ4n) is 7.22. The molecule has 0 unspecified atom stereocenters. The van der Waals surface area contributed by atoms with Crippen molar-refractivity contribution in [3.05, 3.63) is 168 Å². The number of nitriles is 1. The number of aromatic nitrogens is 2. The predicted molar refractivity (Wildman–Crippen MR) is 206 cm³/mol. The van der Waals surface area contributed by atoms with Gasteiger partial charge >= 0.3 is 0 Å². The smallest absolute Gasteiger partial charge is 0.160 e. The van der Waals surface area contributed by atoms with Crippen LogP contribution in [0.3, 0.4) is 0 Å². The monoisotopic (exact) mass is 657 g/mol. The fraction of sp³-hybridized carbons (Fsp3) is 0.0652. The van der Waals surface area contributed by atoms with Crippen LogP contribution in [0.25, 0.3) is 66.6 Å². The molecular weight excluding hydrogens is 627 g/mol. The second-order valence-electron chi connectivity index (χ2n) is 13.4. The largest absolute Gasteiger partial charge is 0.228 e. The lowest BCUT2D eigenvalue weighted by Gasteiger charge is -2.35. The van der Waals surface area contributed by atoms with Crippen LogP contribution in [-0.2, 0) is 5.41 Å². The number of rotatable bonds is 4. The Morgan fingerprint density at radius 3 is 1.94 bits per heavy atom. The molecule has 0 bridgehead atoms. The van der Waals surface area contributed by atoms with E-state index in [0.29, 0.717) is 11.4 Å². The van der Waals surface area contributed by atoms with Gasteiger partial charge in [0.15, 0.2) is 5.82 Å². The van der Waals surface area contributed by atoms with Crippen molar-refractivity contribution in [1.82, 2.24) is 9.97 Å². The molecule has 3 nitrogen and oxygen atoms in total. The summed E-state index contributed by atoms with van der Waals surface area (Å²) in [7, 11) is 0. The summed E-state index contributed by atoms with van der Waals surface area (Å²) in [6, 6.07) is 55.7. The third-order valence-electron chi connectivity index (χ3n) is 9.95. The minimum absolute atomic E-state index is 0.241. The van der Waals surface area contributed by atoms with E-state index < -0.39 is 0 Å². The first kappa shape index (κ1) is 30.1. The molecule has 1 aromatic heterocycles. The Hall–Kier alpha value is -6.02. The van der Waals surface area contributed by atoms with E-state index in [-0.39, 0.29) is 5.41 Å². The molecule has 0 saturated heterocycles. The molecule has 0 spiro atoms. The van der Waals surface area contributed by atoms with E-state index in [2.05, 4.69) is 141 Å². The Morgan fingerprint density at radius 2 is 1.12 bits per heavy atom. The summed E-state index contributed by atoms with van der Waals surface area (Å²) < 4.78 is 0. The Balaban J connectivity index is 1.14. The molecule has 1 aliphatic rings. The van der Waals surface area contributed by atoms with Crippen molar-refractivity contribution in [1.29, 1.82) is 5.26 Å². The van der Waals surface area contributed by atoms with Gasteiger partial charge in [0, 0.05) is 31.9 Å². The lowest BCUT2D eigenvalue weighted by atomic mass is 9.76. The standard InChI is InChI=1S/C46H31N3S/c1-46(2)39-23-29(28-47)15-21-43(39)50-44-22-19-33(26-40(44)46)32-12-8-13-35(24-32)41-27-42(49-45(48-41)31-10-4-3-5-11-31)36-18-20-38-34(25-36)17-16-30-9-6-7-14-37(30)38/h3-27H,1-2H3. The van der Waals surface area contributed by atoms with E-state index in [1.807, 2.05) is 30.3 Å². The van der Waals surface area contributed by atoms with E-state index in [1.54, 1.807) is 11.8 Å². The van der Waals surface area contributed by atoms with Crippen LogP contribution >= 0.6 is 11.8 Å². The molecular formula is C46H31N3S. The summed E-state index contributed by atoms with van der Waals surface area (Å²) in [6.07, 6.45) is 0. The van der Waals surface area contributed by atoms with Crippen molar-refractivity contribution in [2.45, 2.75) is 29.1 Å². The maximum absolute atomic E-state index is 9.59. The highest BCUT2D eigenvalue weighted by molar-refractivity contribution is 7.99. The number of hydrogen-bond donors (Lipinski definition) is 0. The number of fused-ring (bicyclic) bond motifs is 5. The molecule has 0 saturated carbocycles. The molecule has 0 amide bonds. The summed E-state index contributed by atoms with van der Waals surface area (Å²) in [6.45, 7) is 4.52. The molecule has 1 aliphatic heterocycles. The minimum Gasteiger partial charge on any atom is -0.228 e. The number of benzene rings is 7. The Kier molecular flexibility index (Phi) is 7.12. The van der Waals surface area contributed by atoms with E-state index >= 15 is 0 Å². The zero-order chi connectivity index (χ0) is 33.8. The molecule has 2 heterocycles. The first-order chi connectivity index (χ1) is 24.4. The van der Waals surface area contributed by atoms with Gasteiger partial charge in [0.25, 0.3) is 0 Å². The lowest BCUT2D eigenvalue weighted by molar-refractivity contribution is 0.607. The molecule has 9 rings (SSSR count). The molecule has 4 heteroatoms. The molecule has 8 aromatic rings. The van der Waals surface area contributed by atoms with Gasteiger partial charge in [0.1, 0.15) is 0 Å². The maximum atomic E-state index is 9.59. The SMILES string of the molecule is CC1(C)c2cc(C#N)ccc2Sc2ccc(-c3cccc(-c4cc(-c5ccc6c(ccc7ccccc76)c5)nc(-c5ccccc5)n4)c3)cc21. The molecule has 0 aliphatic carbocycles. The maximum Gasteiger partial charge on any atom is 0.160 e. The van der Waals surface area contributed by atoms with Gasteiger partial charge in [-0.25, -0.2) is 9.97 Å². The van der Waals surface area contributed by atoms with Crippen LogP contribution < -0.4 is 0 Å².